The molecule has 8 heteroatoms. The van der Waals surface area contributed by atoms with E-state index in [-0.39, 0.29) is 12.4 Å². The van der Waals surface area contributed by atoms with Crippen LogP contribution in [-0.2, 0) is 9.63 Å². The van der Waals surface area contributed by atoms with Crippen molar-refractivity contribution in [3.05, 3.63) is 53.1 Å². The molecule has 0 saturated carbocycles. The van der Waals surface area contributed by atoms with Crippen LogP contribution in [0.3, 0.4) is 0 Å². The smallest absolute Gasteiger partial charge is 0.372 e. The Balaban J connectivity index is 1.93. The van der Waals surface area contributed by atoms with Crippen LogP contribution in [0.1, 0.15) is 5.56 Å². The highest BCUT2D eigenvalue weighted by Crippen LogP contribution is 2.27. The van der Waals surface area contributed by atoms with Gasteiger partial charge in [-0.3, -0.25) is 0 Å². The zero-order valence-corrected chi connectivity index (χ0v) is 14.4. The average molecular weight is 365 g/mol. The predicted molar refractivity (Wildman–Crippen MR) is 93.3 cm³/mol. The van der Waals surface area contributed by atoms with Crippen molar-refractivity contribution in [2.45, 2.75) is 0 Å². The van der Waals surface area contributed by atoms with Crippen LogP contribution in [0, 0.1) is 0 Å². The fourth-order valence-corrected chi connectivity index (χ4v) is 1.97. The third-order valence-corrected chi connectivity index (χ3v) is 3.35. The summed E-state index contributed by atoms with van der Waals surface area (Å²) in [4.78, 5) is 16.4. The van der Waals surface area contributed by atoms with Gasteiger partial charge in [-0.1, -0.05) is 16.8 Å². The minimum atomic E-state index is -0.696. The normalized spacial score (nSPS) is 10.9. The van der Waals surface area contributed by atoms with Gasteiger partial charge in [-0.05, 0) is 42.5 Å². The first-order chi connectivity index (χ1) is 12.0. The number of methoxy groups -OCH3 is 2. The van der Waals surface area contributed by atoms with Gasteiger partial charge in [-0.15, -0.1) is 0 Å². The Labute approximate surface area is 149 Å². The maximum Gasteiger partial charge on any atom is 0.372 e. The largest absolute Gasteiger partial charge is 0.493 e. The van der Waals surface area contributed by atoms with Gasteiger partial charge in [0.05, 0.1) is 14.2 Å². The lowest BCUT2D eigenvalue weighted by Crippen LogP contribution is -2.18. The van der Waals surface area contributed by atoms with Crippen LogP contribution in [0.25, 0.3) is 0 Å². The van der Waals surface area contributed by atoms with Crippen molar-refractivity contribution in [3.8, 4) is 17.2 Å². The maximum absolute atomic E-state index is 11.7. The molecule has 0 saturated heterocycles. The summed E-state index contributed by atoms with van der Waals surface area (Å²) in [6, 6.07) is 11.5. The lowest BCUT2D eigenvalue weighted by atomic mass is 10.2. The second-order valence-corrected chi connectivity index (χ2v) is 5.19. The number of carbonyl (C=O) groups is 1. The van der Waals surface area contributed by atoms with Crippen molar-refractivity contribution >= 4 is 23.4 Å². The van der Waals surface area contributed by atoms with Crippen LogP contribution in [0.15, 0.2) is 47.6 Å². The van der Waals surface area contributed by atoms with E-state index in [0.29, 0.717) is 27.8 Å². The Morgan fingerprint density at radius 3 is 2.40 bits per heavy atom. The zero-order chi connectivity index (χ0) is 18.2. The summed E-state index contributed by atoms with van der Waals surface area (Å²) in [5, 5.41) is 4.17. The van der Waals surface area contributed by atoms with Crippen molar-refractivity contribution in [2.75, 3.05) is 20.8 Å². The highest BCUT2D eigenvalue weighted by molar-refractivity contribution is 6.30. The number of halogens is 1. The van der Waals surface area contributed by atoms with Crippen LogP contribution in [-0.4, -0.2) is 32.6 Å². The van der Waals surface area contributed by atoms with Gasteiger partial charge in [0.2, 0.25) is 0 Å². The average Bonchev–Trinajstić information content (AvgIpc) is 2.64. The fourth-order valence-electron chi connectivity index (χ4n) is 1.85. The van der Waals surface area contributed by atoms with E-state index in [9.17, 15) is 4.79 Å². The Hall–Kier alpha value is -2.93. The number of nitrogens with zero attached hydrogens (tertiary/aromatic N) is 1. The van der Waals surface area contributed by atoms with E-state index in [1.54, 1.807) is 42.5 Å². The monoisotopic (exact) mass is 364 g/mol. The predicted octanol–water partition coefficient (Wildman–Crippen LogP) is 2.60. The summed E-state index contributed by atoms with van der Waals surface area (Å²) in [6.45, 7) is -0.315. The molecule has 0 unspecified atom stereocenters. The minimum absolute atomic E-state index is 0.0146. The highest BCUT2D eigenvalue weighted by Gasteiger charge is 2.09. The standard InChI is InChI=1S/C17H17ClN2O5/c1-22-14-8-3-11(9-15(14)23-2)17(19)20-25-16(21)10-24-13-6-4-12(18)5-7-13/h3-9H,10H2,1-2H3,(H2,19,20). The van der Waals surface area contributed by atoms with Gasteiger partial charge in [-0.25, -0.2) is 4.79 Å². The van der Waals surface area contributed by atoms with Crippen LogP contribution in [0.2, 0.25) is 5.02 Å². The van der Waals surface area contributed by atoms with E-state index >= 15 is 0 Å². The molecule has 0 heterocycles. The summed E-state index contributed by atoms with van der Waals surface area (Å²) >= 11 is 5.76. The molecule has 2 aromatic carbocycles. The molecule has 0 aliphatic rings. The van der Waals surface area contributed by atoms with Gasteiger partial charge in [0.1, 0.15) is 5.75 Å². The first kappa shape index (κ1) is 18.4. The van der Waals surface area contributed by atoms with Crippen LogP contribution < -0.4 is 19.9 Å². The van der Waals surface area contributed by atoms with Crippen molar-refractivity contribution in [1.82, 2.24) is 0 Å². The molecule has 0 aliphatic carbocycles. The van der Waals surface area contributed by atoms with Gasteiger partial charge >= 0.3 is 5.97 Å². The summed E-state index contributed by atoms with van der Waals surface area (Å²) < 4.78 is 15.6. The molecular weight excluding hydrogens is 348 g/mol. The molecule has 0 amide bonds. The van der Waals surface area contributed by atoms with Crippen LogP contribution >= 0.6 is 11.6 Å². The summed E-state index contributed by atoms with van der Waals surface area (Å²) in [6.07, 6.45) is 0. The molecule has 0 spiro atoms. The molecule has 2 N–H and O–H groups in total. The van der Waals surface area contributed by atoms with Crippen molar-refractivity contribution in [1.29, 1.82) is 0 Å². The first-order valence-electron chi connectivity index (χ1n) is 7.17. The van der Waals surface area contributed by atoms with E-state index in [1.165, 1.54) is 14.2 Å². The van der Waals surface area contributed by atoms with E-state index in [1.807, 2.05) is 0 Å². The molecule has 2 aromatic rings. The topological polar surface area (TPSA) is 92.4 Å². The summed E-state index contributed by atoms with van der Waals surface area (Å²) in [7, 11) is 3.03. The number of hydrogen-bond donors (Lipinski definition) is 1. The molecule has 132 valence electrons. The highest BCUT2D eigenvalue weighted by atomic mass is 35.5. The molecule has 0 radical (unpaired) electrons. The van der Waals surface area contributed by atoms with Gasteiger partial charge in [-0.2, -0.15) is 0 Å². The van der Waals surface area contributed by atoms with Crippen molar-refractivity contribution in [3.63, 3.8) is 0 Å². The van der Waals surface area contributed by atoms with Gasteiger partial charge in [0.15, 0.2) is 23.9 Å². The summed E-state index contributed by atoms with van der Waals surface area (Å²) in [5.74, 6) is 0.834. The van der Waals surface area contributed by atoms with Gasteiger partial charge < -0.3 is 24.8 Å². The molecule has 7 nitrogen and oxygen atoms in total. The Kier molecular flexibility index (Phi) is 6.47. The van der Waals surface area contributed by atoms with E-state index in [2.05, 4.69) is 5.16 Å². The zero-order valence-electron chi connectivity index (χ0n) is 13.7. The molecule has 25 heavy (non-hydrogen) atoms. The Bertz CT molecular complexity index is 762. The Morgan fingerprint density at radius 2 is 1.76 bits per heavy atom. The van der Waals surface area contributed by atoms with E-state index in [0.717, 1.165) is 0 Å². The first-order valence-corrected chi connectivity index (χ1v) is 7.55. The summed E-state index contributed by atoms with van der Waals surface area (Å²) in [5.41, 5.74) is 6.32. The van der Waals surface area contributed by atoms with Gasteiger partial charge in [0.25, 0.3) is 0 Å². The molecule has 0 aromatic heterocycles. The molecule has 2 rings (SSSR count). The molecule has 0 aliphatic heterocycles. The third kappa shape index (κ3) is 5.29. The number of oxime groups is 1. The second-order valence-electron chi connectivity index (χ2n) is 4.75. The number of hydrogen-bond acceptors (Lipinski definition) is 6. The van der Waals surface area contributed by atoms with Crippen molar-refractivity contribution < 1.29 is 23.8 Å². The molecule has 0 bridgehead atoms. The van der Waals surface area contributed by atoms with E-state index < -0.39 is 5.97 Å². The molecule has 0 atom stereocenters. The number of amidine groups is 1. The number of nitrogens with two attached hydrogens (primary N) is 1. The lowest BCUT2D eigenvalue weighted by molar-refractivity contribution is -0.146. The quantitative estimate of drug-likeness (QED) is 0.351. The number of ether oxygens (including phenoxy) is 3. The fraction of sp³-hybridized carbons (Fsp3) is 0.176. The number of carbonyl (C=O) groups excluding carboxylic acids is 1. The van der Waals surface area contributed by atoms with Crippen LogP contribution in [0.4, 0.5) is 0 Å². The number of benzene rings is 2. The SMILES string of the molecule is COc1ccc(/C(N)=N\OC(=O)COc2ccc(Cl)cc2)cc1OC. The lowest BCUT2D eigenvalue weighted by Gasteiger charge is -2.09. The van der Waals surface area contributed by atoms with Crippen molar-refractivity contribution in [2.24, 2.45) is 10.9 Å². The minimum Gasteiger partial charge on any atom is -0.493 e. The maximum atomic E-state index is 11.7. The Morgan fingerprint density at radius 1 is 1.08 bits per heavy atom. The van der Waals surface area contributed by atoms with Gasteiger partial charge in [0, 0.05) is 10.6 Å². The molecule has 0 fully saturated rings. The van der Waals surface area contributed by atoms with E-state index in [4.69, 9.17) is 36.4 Å². The third-order valence-electron chi connectivity index (χ3n) is 3.10. The number of rotatable bonds is 7. The second kappa shape index (κ2) is 8.79. The van der Waals surface area contributed by atoms with Crippen LogP contribution in [0.5, 0.6) is 17.2 Å². The molecular formula is C17H17ClN2O5.